The molecule has 0 bridgehead atoms. The van der Waals surface area contributed by atoms with E-state index in [1.165, 1.54) is 167 Å². The Morgan fingerprint density at radius 3 is 0.861 bits per heavy atom. The molecule has 0 saturated heterocycles. The SMILES string of the molecule is CCCCCCCCCCCCCCCCCCCCCCCCCCCCCC(=O)O[Si](C)(C)C. The molecule has 0 aromatic carbocycles. The third-order valence-corrected chi connectivity index (χ3v) is 8.24. The lowest BCUT2D eigenvalue weighted by atomic mass is 10.0. The van der Waals surface area contributed by atoms with Gasteiger partial charge in [-0.1, -0.05) is 174 Å². The van der Waals surface area contributed by atoms with E-state index in [1.807, 2.05) is 0 Å². The molecule has 0 spiro atoms. The van der Waals surface area contributed by atoms with Gasteiger partial charge in [-0.05, 0) is 26.1 Å². The molecule has 0 amide bonds. The van der Waals surface area contributed by atoms with Crippen molar-refractivity contribution in [2.75, 3.05) is 0 Å². The molecule has 0 heterocycles. The predicted octanol–water partition coefficient (Wildman–Crippen LogP) is 12.3. The van der Waals surface area contributed by atoms with Crippen molar-refractivity contribution in [2.24, 2.45) is 0 Å². The highest BCUT2D eigenvalue weighted by Gasteiger charge is 2.19. The Labute approximate surface area is 229 Å². The van der Waals surface area contributed by atoms with Gasteiger partial charge in [0.05, 0.1) is 0 Å². The fourth-order valence-corrected chi connectivity index (χ4v) is 5.94. The molecule has 0 fully saturated rings. The fraction of sp³-hybridized carbons (Fsp3) is 0.970. The Balaban J connectivity index is 3.09. The minimum atomic E-state index is -1.69. The lowest BCUT2D eigenvalue weighted by Crippen LogP contribution is -2.28. The lowest BCUT2D eigenvalue weighted by molar-refractivity contribution is -0.135. The van der Waals surface area contributed by atoms with E-state index in [4.69, 9.17) is 4.43 Å². The highest BCUT2D eigenvalue weighted by atomic mass is 28.4. The van der Waals surface area contributed by atoms with E-state index < -0.39 is 8.32 Å². The summed E-state index contributed by atoms with van der Waals surface area (Å²) in [6, 6.07) is 0. The quantitative estimate of drug-likeness (QED) is 0.0718. The molecule has 3 heteroatoms. The van der Waals surface area contributed by atoms with Gasteiger partial charge >= 0.3 is 0 Å². The van der Waals surface area contributed by atoms with Crippen LogP contribution >= 0.6 is 0 Å². The third-order valence-electron chi connectivity index (χ3n) is 7.40. The predicted molar refractivity (Wildman–Crippen MR) is 164 cm³/mol. The first kappa shape index (κ1) is 35.7. The minimum Gasteiger partial charge on any atom is -0.520 e. The molecule has 0 aliphatic rings. The summed E-state index contributed by atoms with van der Waals surface area (Å²) in [5, 5.41) is 0. The maximum Gasteiger partial charge on any atom is 0.292 e. The molecule has 0 aliphatic carbocycles. The van der Waals surface area contributed by atoms with Gasteiger partial charge in [-0.3, -0.25) is 4.79 Å². The summed E-state index contributed by atoms with van der Waals surface area (Å²) in [4.78, 5) is 11.7. The maximum absolute atomic E-state index is 11.7. The number of rotatable bonds is 29. The number of unbranched alkanes of at least 4 members (excludes halogenated alkanes) is 26. The summed E-state index contributed by atoms with van der Waals surface area (Å²) >= 11 is 0. The highest BCUT2D eigenvalue weighted by Crippen LogP contribution is 2.16. The molecule has 0 radical (unpaired) electrons. The van der Waals surface area contributed by atoms with E-state index in [9.17, 15) is 4.79 Å². The number of hydrogen-bond donors (Lipinski definition) is 0. The highest BCUT2D eigenvalue weighted by molar-refractivity contribution is 6.71. The van der Waals surface area contributed by atoms with Crippen LogP contribution in [0.25, 0.3) is 0 Å². The van der Waals surface area contributed by atoms with Crippen LogP contribution in [0, 0.1) is 0 Å². The zero-order chi connectivity index (χ0) is 26.6. The second-order valence-corrected chi connectivity index (χ2v) is 17.0. The van der Waals surface area contributed by atoms with Crippen LogP contribution in [-0.2, 0) is 9.22 Å². The van der Waals surface area contributed by atoms with Gasteiger partial charge in [0, 0.05) is 6.42 Å². The molecule has 0 atom stereocenters. The zero-order valence-corrected chi connectivity index (χ0v) is 26.6. The van der Waals surface area contributed by atoms with Gasteiger partial charge in [0.15, 0.2) is 0 Å². The summed E-state index contributed by atoms with van der Waals surface area (Å²) in [6.07, 6.45) is 38.8. The molecular formula is C33H68O2Si. The van der Waals surface area contributed by atoms with Crippen molar-refractivity contribution >= 4 is 14.3 Å². The van der Waals surface area contributed by atoms with Crippen molar-refractivity contribution in [1.82, 2.24) is 0 Å². The standard InChI is InChI=1S/C33H68O2Si/c1-5-6-7-8-9-10-11-12-13-14-15-16-17-18-19-20-21-22-23-24-25-26-27-28-29-30-31-32-33(34)35-36(2,3)4/h5-32H2,1-4H3. The van der Waals surface area contributed by atoms with Crippen LogP contribution in [0.4, 0.5) is 0 Å². The van der Waals surface area contributed by atoms with Gasteiger partial charge in [-0.15, -0.1) is 0 Å². The summed E-state index contributed by atoms with van der Waals surface area (Å²) in [5.74, 6) is 0.0220. The van der Waals surface area contributed by atoms with E-state index in [0.717, 1.165) is 6.42 Å². The number of carbonyl (C=O) groups excluding carboxylic acids is 1. The van der Waals surface area contributed by atoms with Crippen LogP contribution in [0.3, 0.4) is 0 Å². The Morgan fingerprint density at radius 2 is 0.639 bits per heavy atom. The lowest BCUT2D eigenvalue weighted by Gasteiger charge is -2.17. The first-order valence-corrected chi connectivity index (χ1v) is 20.1. The van der Waals surface area contributed by atoms with Gasteiger partial charge in [0.25, 0.3) is 5.97 Å². The van der Waals surface area contributed by atoms with Crippen molar-refractivity contribution in [2.45, 2.75) is 206 Å². The summed E-state index contributed by atoms with van der Waals surface area (Å²) in [7, 11) is -1.69. The molecule has 0 aromatic heterocycles. The average molecular weight is 525 g/mol. The smallest absolute Gasteiger partial charge is 0.292 e. The summed E-state index contributed by atoms with van der Waals surface area (Å²) in [6.45, 7) is 8.53. The van der Waals surface area contributed by atoms with E-state index in [2.05, 4.69) is 26.6 Å². The van der Waals surface area contributed by atoms with E-state index >= 15 is 0 Å². The molecule has 0 aromatic rings. The fourth-order valence-electron chi connectivity index (χ4n) is 5.15. The number of carbonyl (C=O) groups is 1. The van der Waals surface area contributed by atoms with Gasteiger partial charge in [0.1, 0.15) is 0 Å². The topological polar surface area (TPSA) is 26.3 Å². The Morgan fingerprint density at radius 1 is 0.417 bits per heavy atom. The van der Waals surface area contributed by atoms with Crippen LogP contribution in [-0.4, -0.2) is 14.3 Å². The minimum absolute atomic E-state index is 0.0220. The largest absolute Gasteiger partial charge is 0.520 e. The van der Waals surface area contributed by atoms with Crippen LogP contribution in [0.2, 0.25) is 19.6 Å². The molecular weight excluding hydrogens is 456 g/mol. The van der Waals surface area contributed by atoms with Crippen molar-refractivity contribution in [3.8, 4) is 0 Å². The second-order valence-electron chi connectivity index (χ2n) is 12.5. The average Bonchev–Trinajstić information content (AvgIpc) is 2.82. The summed E-state index contributed by atoms with van der Waals surface area (Å²) < 4.78 is 5.50. The molecule has 2 nitrogen and oxygen atoms in total. The molecule has 0 unspecified atom stereocenters. The van der Waals surface area contributed by atoms with Crippen LogP contribution < -0.4 is 0 Å². The molecule has 0 aliphatic heterocycles. The van der Waals surface area contributed by atoms with Gasteiger partial charge in [-0.25, -0.2) is 0 Å². The summed E-state index contributed by atoms with van der Waals surface area (Å²) in [5.41, 5.74) is 0. The van der Waals surface area contributed by atoms with Crippen LogP contribution in [0.5, 0.6) is 0 Å². The zero-order valence-electron chi connectivity index (χ0n) is 25.6. The maximum atomic E-state index is 11.7. The first-order chi connectivity index (χ1) is 17.5. The van der Waals surface area contributed by atoms with E-state index in [0.29, 0.717) is 6.42 Å². The molecule has 216 valence electrons. The van der Waals surface area contributed by atoms with E-state index in [1.54, 1.807) is 0 Å². The van der Waals surface area contributed by atoms with Crippen LogP contribution in [0.15, 0.2) is 0 Å². The normalized spacial score (nSPS) is 11.8. The Hall–Kier alpha value is -0.313. The monoisotopic (exact) mass is 524 g/mol. The van der Waals surface area contributed by atoms with Crippen molar-refractivity contribution in [3.63, 3.8) is 0 Å². The Bertz CT molecular complexity index is 443. The molecule has 0 rings (SSSR count). The van der Waals surface area contributed by atoms with Gasteiger partial charge in [0.2, 0.25) is 8.32 Å². The second kappa shape index (κ2) is 27.7. The Kier molecular flexibility index (Phi) is 27.5. The van der Waals surface area contributed by atoms with E-state index in [-0.39, 0.29) is 5.97 Å². The molecule has 36 heavy (non-hydrogen) atoms. The van der Waals surface area contributed by atoms with Crippen LogP contribution in [0.1, 0.15) is 187 Å². The first-order valence-electron chi connectivity index (χ1n) is 16.7. The third kappa shape index (κ3) is 31.7. The molecule has 0 N–H and O–H groups in total. The van der Waals surface area contributed by atoms with Crippen molar-refractivity contribution in [1.29, 1.82) is 0 Å². The number of hydrogen-bond acceptors (Lipinski definition) is 2. The van der Waals surface area contributed by atoms with Crippen molar-refractivity contribution < 1.29 is 9.22 Å². The van der Waals surface area contributed by atoms with Gasteiger partial charge < -0.3 is 4.43 Å². The van der Waals surface area contributed by atoms with Crippen molar-refractivity contribution in [3.05, 3.63) is 0 Å². The van der Waals surface area contributed by atoms with Gasteiger partial charge in [-0.2, -0.15) is 0 Å². The molecule has 0 saturated carbocycles.